The summed E-state index contributed by atoms with van der Waals surface area (Å²) in [4.78, 5) is 25.9. The van der Waals surface area contributed by atoms with E-state index in [0.29, 0.717) is 6.54 Å². The van der Waals surface area contributed by atoms with Gasteiger partial charge in [0.15, 0.2) is 5.76 Å². The zero-order chi connectivity index (χ0) is 15.4. The minimum absolute atomic E-state index is 0.0342. The number of nitrogens with zero attached hydrogens (tertiary/aromatic N) is 1. The second-order valence-corrected chi connectivity index (χ2v) is 5.26. The quantitative estimate of drug-likeness (QED) is 0.942. The lowest BCUT2D eigenvalue weighted by atomic mass is 10.0. The second kappa shape index (κ2) is 6.47. The maximum atomic E-state index is 12.4. The number of nitrogens with one attached hydrogen (secondary N) is 1. The van der Waals surface area contributed by atoms with Crippen molar-refractivity contribution in [2.45, 2.75) is 19.3 Å². The molecule has 22 heavy (non-hydrogen) atoms. The largest absolute Gasteiger partial charge is 0.459 e. The lowest BCUT2D eigenvalue weighted by Gasteiger charge is -2.29. The molecule has 0 saturated heterocycles. The Bertz CT molecular complexity index is 664. The molecule has 1 aliphatic heterocycles. The molecular weight excluding hydrogens is 280 g/mol. The minimum Gasteiger partial charge on any atom is -0.459 e. The van der Waals surface area contributed by atoms with E-state index in [1.165, 1.54) is 11.8 Å². The summed E-state index contributed by atoms with van der Waals surface area (Å²) in [6.07, 6.45) is 3.71. The van der Waals surface area contributed by atoms with Crippen LogP contribution in [0.4, 0.5) is 5.69 Å². The predicted octanol–water partition coefficient (Wildman–Crippen LogP) is 2.38. The van der Waals surface area contributed by atoms with E-state index in [9.17, 15) is 9.59 Å². The van der Waals surface area contributed by atoms with E-state index in [-0.39, 0.29) is 24.0 Å². The monoisotopic (exact) mass is 298 g/mol. The SMILES string of the molecule is O=C(NCCC(=O)N1CCCc2ccccc21)c1ccco1. The Morgan fingerprint density at radius 1 is 1.18 bits per heavy atom. The highest BCUT2D eigenvalue weighted by atomic mass is 16.3. The van der Waals surface area contributed by atoms with Crippen LogP contribution in [0.3, 0.4) is 0 Å². The van der Waals surface area contributed by atoms with Crippen molar-refractivity contribution in [2.24, 2.45) is 0 Å². The number of benzene rings is 1. The molecule has 1 aromatic heterocycles. The van der Waals surface area contributed by atoms with Gasteiger partial charge in [0.05, 0.1) is 6.26 Å². The van der Waals surface area contributed by atoms with Gasteiger partial charge in [0, 0.05) is 25.2 Å². The fraction of sp³-hybridized carbons (Fsp3) is 0.294. The average Bonchev–Trinajstić information content (AvgIpc) is 3.08. The smallest absolute Gasteiger partial charge is 0.286 e. The standard InChI is InChI=1S/C17H18N2O3/c20-16(9-10-18-17(21)15-8-4-12-22-15)19-11-3-6-13-5-1-2-7-14(13)19/h1-2,4-5,7-8,12H,3,6,9-11H2,(H,18,21). The highest BCUT2D eigenvalue weighted by molar-refractivity contribution is 5.95. The first-order valence-electron chi connectivity index (χ1n) is 7.45. The molecule has 2 heterocycles. The normalized spacial score (nSPS) is 13.5. The molecule has 1 aliphatic rings. The maximum absolute atomic E-state index is 12.4. The van der Waals surface area contributed by atoms with Gasteiger partial charge in [-0.25, -0.2) is 0 Å². The van der Waals surface area contributed by atoms with Crippen molar-refractivity contribution in [3.8, 4) is 0 Å². The van der Waals surface area contributed by atoms with Crippen LogP contribution in [0.1, 0.15) is 29.0 Å². The van der Waals surface area contributed by atoms with Gasteiger partial charge < -0.3 is 14.6 Å². The number of amides is 2. The van der Waals surface area contributed by atoms with Crippen LogP contribution in [-0.4, -0.2) is 24.9 Å². The summed E-state index contributed by atoms with van der Waals surface area (Å²) in [5.74, 6) is -0.000457. The topological polar surface area (TPSA) is 62.6 Å². The highest BCUT2D eigenvalue weighted by Gasteiger charge is 2.21. The zero-order valence-corrected chi connectivity index (χ0v) is 12.2. The molecule has 5 nitrogen and oxygen atoms in total. The van der Waals surface area contributed by atoms with Crippen LogP contribution in [0.15, 0.2) is 47.1 Å². The molecule has 0 aliphatic carbocycles. The Labute approximate surface area is 128 Å². The Balaban J connectivity index is 1.56. The molecular formula is C17H18N2O3. The summed E-state index contributed by atoms with van der Waals surface area (Å²) in [6.45, 7) is 1.04. The molecule has 0 radical (unpaired) electrons. The van der Waals surface area contributed by atoms with Crippen LogP contribution < -0.4 is 10.2 Å². The number of carbonyl (C=O) groups is 2. The number of hydrogen-bond acceptors (Lipinski definition) is 3. The van der Waals surface area contributed by atoms with Gasteiger partial charge >= 0.3 is 0 Å². The number of fused-ring (bicyclic) bond motifs is 1. The minimum atomic E-state index is -0.295. The fourth-order valence-corrected chi connectivity index (χ4v) is 2.71. The van der Waals surface area contributed by atoms with Crippen LogP contribution in [0.25, 0.3) is 0 Å². The summed E-state index contributed by atoms with van der Waals surface area (Å²) in [5, 5.41) is 2.70. The first-order valence-corrected chi connectivity index (χ1v) is 7.45. The molecule has 114 valence electrons. The molecule has 0 bridgehead atoms. The van der Waals surface area contributed by atoms with Crippen LogP contribution in [0.2, 0.25) is 0 Å². The Kier molecular flexibility index (Phi) is 4.23. The Hall–Kier alpha value is -2.56. The van der Waals surface area contributed by atoms with Gasteiger partial charge in [-0.1, -0.05) is 18.2 Å². The van der Waals surface area contributed by atoms with E-state index in [2.05, 4.69) is 11.4 Å². The Morgan fingerprint density at radius 2 is 2.05 bits per heavy atom. The summed E-state index contributed by atoms with van der Waals surface area (Å²) in [6, 6.07) is 11.2. The van der Waals surface area contributed by atoms with Crippen molar-refractivity contribution < 1.29 is 14.0 Å². The lowest BCUT2D eigenvalue weighted by Crippen LogP contribution is -2.37. The maximum Gasteiger partial charge on any atom is 0.286 e. The Morgan fingerprint density at radius 3 is 2.86 bits per heavy atom. The molecule has 3 rings (SSSR count). The molecule has 0 spiro atoms. The van der Waals surface area contributed by atoms with Gasteiger partial charge in [0.25, 0.3) is 5.91 Å². The zero-order valence-electron chi connectivity index (χ0n) is 12.2. The number of rotatable bonds is 4. The number of anilines is 1. The van der Waals surface area contributed by atoms with Gasteiger partial charge in [0.2, 0.25) is 5.91 Å². The van der Waals surface area contributed by atoms with Gasteiger partial charge in [-0.3, -0.25) is 9.59 Å². The molecule has 1 aromatic carbocycles. The fourth-order valence-electron chi connectivity index (χ4n) is 2.71. The summed E-state index contributed by atoms with van der Waals surface area (Å²) < 4.78 is 5.01. The van der Waals surface area contributed by atoms with E-state index in [1.807, 2.05) is 23.1 Å². The average molecular weight is 298 g/mol. The third kappa shape index (κ3) is 3.03. The third-order valence-corrected chi connectivity index (χ3v) is 3.78. The third-order valence-electron chi connectivity index (χ3n) is 3.78. The number of aryl methyl sites for hydroxylation is 1. The van der Waals surface area contributed by atoms with E-state index in [0.717, 1.165) is 25.1 Å². The first kappa shape index (κ1) is 14.4. The number of carbonyl (C=O) groups excluding carboxylic acids is 2. The van der Waals surface area contributed by atoms with Crippen LogP contribution in [-0.2, 0) is 11.2 Å². The molecule has 2 amide bonds. The molecule has 2 aromatic rings. The van der Waals surface area contributed by atoms with Crippen molar-refractivity contribution in [2.75, 3.05) is 18.0 Å². The summed E-state index contributed by atoms with van der Waals surface area (Å²) in [7, 11) is 0. The van der Waals surface area contributed by atoms with Crippen molar-refractivity contribution in [1.29, 1.82) is 0 Å². The summed E-state index contributed by atoms with van der Waals surface area (Å²) in [5.41, 5.74) is 2.21. The number of hydrogen-bond donors (Lipinski definition) is 1. The highest BCUT2D eigenvalue weighted by Crippen LogP contribution is 2.26. The van der Waals surface area contributed by atoms with Crippen molar-refractivity contribution in [3.63, 3.8) is 0 Å². The summed E-state index contributed by atoms with van der Waals surface area (Å²) >= 11 is 0. The van der Waals surface area contributed by atoms with E-state index in [4.69, 9.17) is 4.42 Å². The first-order chi connectivity index (χ1) is 10.8. The molecule has 0 fully saturated rings. The lowest BCUT2D eigenvalue weighted by molar-refractivity contribution is -0.118. The van der Waals surface area contributed by atoms with E-state index < -0.39 is 0 Å². The molecule has 0 atom stereocenters. The van der Waals surface area contributed by atoms with Crippen molar-refractivity contribution in [3.05, 3.63) is 54.0 Å². The van der Waals surface area contributed by atoms with E-state index in [1.54, 1.807) is 12.1 Å². The van der Waals surface area contributed by atoms with E-state index >= 15 is 0 Å². The van der Waals surface area contributed by atoms with Gasteiger partial charge in [-0.15, -0.1) is 0 Å². The molecule has 0 unspecified atom stereocenters. The van der Waals surface area contributed by atoms with Crippen LogP contribution in [0.5, 0.6) is 0 Å². The predicted molar refractivity (Wildman–Crippen MR) is 82.8 cm³/mol. The second-order valence-electron chi connectivity index (χ2n) is 5.26. The molecule has 0 saturated carbocycles. The van der Waals surface area contributed by atoms with Crippen molar-refractivity contribution >= 4 is 17.5 Å². The van der Waals surface area contributed by atoms with Gasteiger partial charge in [-0.05, 0) is 36.6 Å². The van der Waals surface area contributed by atoms with Crippen molar-refractivity contribution in [1.82, 2.24) is 5.32 Å². The van der Waals surface area contributed by atoms with Gasteiger partial charge in [0.1, 0.15) is 0 Å². The number of furan rings is 1. The van der Waals surface area contributed by atoms with Crippen LogP contribution >= 0.6 is 0 Å². The molecule has 5 heteroatoms. The van der Waals surface area contributed by atoms with Gasteiger partial charge in [-0.2, -0.15) is 0 Å². The van der Waals surface area contributed by atoms with Crippen LogP contribution in [0, 0.1) is 0 Å². The molecule has 1 N–H and O–H groups in total. The number of para-hydroxylation sites is 1.